The van der Waals surface area contributed by atoms with E-state index in [0.717, 1.165) is 0 Å². The van der Waals surface area contributed by atoms with Crippen molar-refractivity contribution in [2.24, 2.45) is 20.5 Å². The Morgan fingerprint density at radius 1 is 0.600 bits per heavy atom. The van der Waals surface area contributed by atoms with Crippen molar-refractivity contribution >= 4 is 77.0 Å². The minimum atomic E-state index is -5.12. The van der Waals surface area contributed by atoms with E-state index in [1.54, 1.807) is 0 Å². The molecular formula is C22H12Cl2N4Na2O8S2. The molecule has 0 saturated heterocycles. The van der Waals surface area contributed by atoms with E-state index in [2.05, 4.69) is 20.5 Å². The minimum Gasteiger partial charge on any atom is -0.871 e. The zero-order valence-corrected chi connectivity index (χ0v) is 27.6. The summed E-state index contributed by atoms with van der Waals surface area (Å²) in [5.41, 5.74) is -1.55. The van der Waals surface area contributed by atoms with E-state index in [-0.39, 0.29) is 70.5 Å². The van der Waals surface area contributed by atoms with Gasteiger partial charge in [0, 0.05) is 10.0 Å². The summed E-state index contributed by atoms with van der Waals surface area (Å²) in [7, 11) is -10.2. The Morgan fingerprint density at radius 3 is 1.23 bits per heavy atom. The summed E-state index contributed by atoms with van der Waals surface area (Å²) in [6.45, 7) is 0. The summed E-state index contributed by atoms with van der Waals surface area (Å²) < 4.78 is 67.5. The first-order valence-corrected chi connectivity index (χ1v) is 13.7. The first-order valence-electron chi connectivity index (χ1n) is 10.1. The summed E-state index contributed by atoms with van der Waals surface area (Å²) in [6.07, 6.45) is 0. The first-order chi connectivity index (χ1) is 17.8. The molecular weight excluding hydrogens is 629 g/mol. The Morgan fingerprint density at radius 2 is 0.925 bits per heavy atom. The fourth-order valence-electron chi connectivity index (χ4n) is 3.24. The topological polar surface area (TPSA) is 204 Å². The number of fused-ring (bicyclic) bond motifs is 1. The third kappa shape index (κ3) is 7.79. The van der Waals surface area contributed by atoms with E-state index in [4.69, 9.17) is 23.2 Å². The molecule has 0 aliphatic rings. The van der Waals surface area contributed by atoms with E-state index in [1.807, 2.05) is 0 Å². The second kappa shape index (κ2) is 13.5. The van der Waals surface area contributed by atoms with E-state index in [0.29, 0.717) is 22.2 Å². The van der Waals surface area contributed by atoms with Gasteiger partial charge in [-0.05, 0) is 71.4 Å². The third-order valence-corrected chi connectivity index (χ3v) is 7.19. The van der Waals surface area contributed by atoms with Crippen LogP contribution in [0.2, 0.25) is 10.0 Å². The molecule has 0 amide bonds. The van der Waals surface area contributed by atoms with Crippen molar-refractivity contribution in [2.45, 2.75) is 9.79 Å². The molecule has 0 radical (unpaired) electrons. The van der Waals surface area contributed by atoms with Gasteiger partial charge in [0.25, 0.3) is 20.2 Å². The van der Waals surface area contributed by atoms with Gasteiger partial charge in [0.05, 0.1) is 22.7 Å². The Kier molecular flexibility index (Phi) is 11.7. The second-order valence-electron chi connectivity index (χ2n) is 7.51. The monoisotopic (exact) mass is 640 g/mol. The van der Waals surface area contributed by atoms with Crippen LogP contribution in [0, 0.1) is 0 Å². The Bertz CT molecular complexity index is 1720. The molecule has 0 bridgehead atoms. The van der Waals surface area contributed by atoms with Gasteiger partial charge in [-0.15, -0.1) is 10.2 Å². The van der Waals surface area contributed by atoms with E-state index in [9.17, 15) is 36.2 Å². The maximum absolute atomic E-state index is 13.3. The maximum atomic E-state index is 13.3. The molecule has 0 aliphatic carbocycles. The molecule has 0 aliphatic heterocycles. The van der Waals surface area contributed by atoms with Crippen LogP contribution >= 0.6 is 23.2 Å². The van der Waals surface area contributed by atoms with Gasteiger partial charge in [-0.25, -0.2) is 0 Å². The molecule has 0 atom stereocenters. The molecule has 0 saturated carbocycles. The average molecular weight is 641 g/mol. The van der Waals surface area contributed by atoms with Gasteiger partial charge in [0.1, 0.15) is 9.79 Å². The molecule has 4 aromatic carbocycles. The zero-order valence-electron chi connectivity index (χ0n) is 20.5. The molecule has 0 heterocycles. The molecule has 0 unspecified atom stereocenters. The van der Waals surface area contributed by atoms with Gasteiger partial charge in [-0.1, -0.05) is 34.7 Å². The van der Waals surface area contributed by atoms with Gasteiger partial charge >= 0.3 is 59.1 Å². The summed E-state index contributed by atoms with van der Waals surface area (Å²) in [4.78, 5) is -2.10. The molecule has 40 heavy (non-hydrogen) atoms. The molecule has 4 aromatic rings. The van der Waals surface area contributed by atoms with Crippen molar-refractivity contribution in [1.82, 2.24) is 0 Å². The fourth-order valence-corrected chi connectivity index (χ4v) is 4.80. The van der Waals surface area contributed by atoms with Crippen LogP contribution in [0.15, 0.2) is 90.9 Å². The molecule has 2 N–H and O–H groups in total. The van der Waals surface area contributed by atoms with E-state index < -0.39 is 63.7 Å². The van der Waals surface area contributed by atoms with E-state index in [1.165, 1.54) is 48.5 Å². The summed E-state index contributed by atoms with van der Waals surface area (Å²) in [6, 6.07) is 12.7. The van der Waals surface area contributed by atoms with Gasteiger partial charge in [-0.3, -0.25) is 9.11 Å². The van der Waals surface area contributed by atoms with Crippen molar-refractivity contribution in [3.8, 4) is 11.5 Å². The number of azo groups is 2. The number of hydrogen-bond donors (Lipinski definition) is 2. The number of rotatable bonds is 6. The smallest absolute Gasteiger partial charge is 0.871 e. The predicted molar refractivity (Wildman–Crippen MR) is 134 cm³/mol. The van der Waals surface area contributed by atoms with Crippen molar-refractivity contribution < 1.29 is 95.3 Å². The van der Waals surface area contributed by atoms with Crippen LogP contribution in [0.4, 0.5) is 22.7 Å². The molecule has 0 aromatic heterocycles. The van der Waals surface area contributed by atoms with Crippen LogP contribution in [-0.4, -0.2) is 25.9 Å². The van der Waals surface area contributed by atoms with Crippen LogP contribution in [0.5, 0.6) is 11.5 Å². The Balaban J connectivity index is 0.00000280. The standard InChI is InChI=1S/C22H14Cl2N4O8S2.2Na/c23-12-1-5-14(6-2-12)25-27-19-16(37(31,32)33)9-11-10-17(38(34,35)36)20(22(30)18(11)21(19)29)28-26-15-7-3-13(24)4-8-15;;/h1-10,29-30H,(H,31,32,33)(H,34,35,36);;/q;2*+1/p-2. The van der Waals surface area contributed by atoms with Crippen LogP contribution in [0.25, 0.3) is 10.8 Å². The quantitative estimate of drug-likeness (QED) is 0.161. The van der Waals surface area contributed by atoms with Crippen molar-refractivity contribution in [3.63, 3.8) is 0 Å². The van der Waals surface area contributed by atoms with Crippen LogP contribution < -0.4 is 69.3 Å². The molecule has 0 fully saturated rings. The largest absolute Gasteiger partial charge is 1.00 e. The zero-order chi connectivity index (χ0) is 27.8. The van der Waals surface area contributed by atoms with Gasteiger partial charge in [-0.2, -0.15) is 27.1 Å². The van der Waals surface area contributed by atoms with Gasteiger partial charge in [0.15, 0.2) is 0 Å². The summed E-state index contributed by atoms with van der Waals surface area (Å²) in [5, 5.41) is 40.7. The molecule has 196 valence electrons. The first kappa shape index (κ1) is 34.5. The fraction of sp³-hybridized carbons (Fsp3) is 0. The normalized spacial score (nSPS) is 12.0. The van der Waals surface area contributed by atoms with Crippen LogP contribution in [0.3, 0.4) is 0 Å². The number of benzene rings is 4. The molecule has 12 nitrogen and oxygen atoms in total. The Labute approximate surface area is 281 Å². The maximum Gasteiger partial charge on any atom is 1.00 e. The summed E-state index contributed by atoms with van der Waals surface area (Å²) >= 11 is 11.6. The van der Waals surface area contributed by atoms with Crippen LogP contribution in [0.1, 0.15) is 0 Å². The number of hydrogen-bond acceptors (Lipinski definition) is 10. The van der Waals surface area contributed by atoms with Crippen molar-refractivity contribution in [1.29, 1.82) is 0 Å². The van der Waals surface area contributed by atoms with E-state index >= 15 is 0 Å². The second-order valence-corrected chi connectivity index (χ2v) is 11.2. The molecule has 4 rings (SSSR count). The molecule has 18 heteroatoms. The van der Waals surface area contributed by atoms with Gasteiger partial charge in [0.2, 0.25) is 0 Å². The SMILES string of the molecule is O=S(=O)(O)c1cc2cc(S(=O)(=O)O)c(N=Nc3ccc(Cl)cc3)c([O-])c2c([O-])c1N=Nc1ccc(Cl)cc1.[Na+].[Na+]. The minimum absolute atomic E-state index is 0. The molecule has 0 spiro atoms. The summed E-state index contributed by atoms with van der Waals surface area (Å²) in [5.74, 6) is -2.61. The third-order valence-electron chi connectivity index (χ3n) is 4.95. The van der Waals surface area contributed by atoms with Crippen molar-refractivity contribution in [2.75, 3.05) is 0 Å². The van der Waals surface area contributed by atoms with Gasteiger partial charge < -0.3 is 10.2 Å². The Hall–Kier alpha value is -1.66. The number of nitrogens with zero attached hydrogens (tertiary/aromatic N) is 4. The number of halogens is 2. The predicted octanol–water partition coefficient (Wildman–Crippen LogP) is -0.374. The average Bonchev–Trinajstić information content (AvgIpc) is 2.83. The van der Waals surface area contributed by atoms with Crippen molar-refractivity contribution in [3.05, 3.63) is 70.7 Å². The van der Waals surface area contributed by atoms with Crippen LogP contribution in [-0.2, 0) is 20.2 Å².